The second-order valence-electron chi connectivity index (χ2n) is 10.0. The molecule has 42 heavy (non-hydrogen) atoms. The molecule has 1 aliphatic heterocycles. The summed E-state index contributed by atoms with van der Waals surface area (Å²) >= 11 is 6.58. The Morgan fingerprint density at radius 2 is 1.83 bits per heavy atom. The lowest BCUT2D eigenvalue weighted by Gasteiger charge is -2.29. The lowest BCUT2D eigenvalue weighted by atomic mass is 10.0. The fourth-order valence-electron chi connectivity index (χ4n) is 4.42. The van der Waals surface area contributed by atoms with Crippen LogP contribution in [0.5, 0.6) is 6.01 Å². The minimum Gasteiger partial charge on any atom is -0.462 e. The van der Waals surface area contributed by atoms with Gasteiger partial charge in [0.05, 0.1) is 28.9 Å². The van der Waals surface area contributed by atoms with Crippen LogP contribution in [0.15, 0.2) is 54.6 Å². The maximum Gasteiger partial charge on any atom is 0.411 e. The highest BCUT2D eigenvalue weighted by atomic mass is 35.5. The molecule has 4 N–H and O–H groups in total. The number of amides is 1. The number of ether oxygens (including phenoxy) is 3. The predicted molar refractivity (Wildman–Crippen MR) is 158 cm³/mol. The predicted octanol–water partition coefficient (Wildman–Crippen LogP) is 4.29. The van der Waals surface area contributed by atoms with E-state index >= 15 is 0 Å². The van der Waals surface area contributed by atoms with E-state index in [4.69, 9.17) is 30.9 Å². The number of hydrogen-bond donors (Lipinski definition) is 4. The molecule has 2 aromatic heterocycles. The number of aromatic nitrogens is 3. The van der Waals surface area contributed by atoms with Crippen molar-refractivity contribution in [1.82, 2.24) is 19.9 Å². The molecule has 0 saturated carbocycles. The minimum absolute atomic E-state index is 0.183. The summed E-state index contributed by atoms with van der Waals surface area (Å²) in [5, 5.41) is 22.1. The van der Waals surface area contributed by atoms with Crippen LogP contribution >= 0.6 is 11.6 Å². The van der Waals surface area contributed by atoms with Gasteiger partial charge in [-0.05, 0) is 49.3 Å². The van der Waals surface area contributed by atoms with Crippen molar-refractivity contribution in [3.8, 4) is 40.4 Å². The third-order valence-corrected chi connectivity index (χ3v) is 6.89. The summed E-state index contributed by atoms with van der Waals surface area (Å²) in [6.07, 6.45) is -0.562. The van der Waals surface area contributed by atoms with E-state index in [1.165, 1.54) is 0 Å². The molecule has 1 fully saturated rings. The Morgan fingerprint density at radius 3 is 2.50 bits per heavy atom. The van der Waals surface area contributed by atoms with Crippen LogP contribution in [0.4, 0.5) is 10.5 Å². The number of pyridine rings is 1. The fourth-order valence-corrected chi connectivity index (χ4v) is 4.68. The van der Waals surface area contributed by atoms with E-state index in [0.717, 1.165) is 16.7 Å². The molecule has 0 spiro atoms. The topological polar surface area (TPSA) is 142 Å². The van der Waals surface area contributed by atoms with Gasteiger partial charge in [-0.1, -0.05) is 48.0 Å². The van der Waals surface area contributed by atoms with Crippen LogP contribution in [0.25, 0.3) is 33.5 Å². The average molecular weight is 592 g/mol. The van der Waals surface area contributed by atoms with E-state index in [2.05, 4.69) is 26.2 Å². The normalized spacial score (nSPS) is 18.4. The number of anilines is 1. The minimum atomic E-state index is -0.897. The third-order valence-electron chi connectivity index (χ3n) is 6.60. The highest BCUT2D eigenvalue weighted by molar-refractivity contribution is 6.33. The standard InChI is InChI=1S/C30H30ClN5O6/c1-36(2)12-14-40-30(39)32-21-9-7-19(8-10-21)18-3-5-20(6-4-18)27-23(31)16-24-28(34-27)35-29(33-24)42-22-15-25(38)26(11-13-37)41-17-22/h3-10,16,22,25-26,37-38H,12,14-15,17H2,1-2H3,(H,32,39)(H,33,34,35)/t22-,25+,26?/m1/s1. The Labute approximate surface area is 247 Å². The van der Waals surface area contributed by atoms with Crippen molar-refractivity contribution in [2.45, 2.75) is 24.7 Å². The number of aliphatic hydroxyl groups is 2. The molecule has 0 radical (unpaired) electrons. The van der Waals surface area contributed by atoms with Gasteiger partial charge in [0.15, 0.2) is 5.65 Å². The second kappa shape index (κ2) is 13.1. The molecule has 3 atom stereocenters. The maximum absolute atomic E-state index is 12.0. The Balaban J connectivity index is 1.24. The number of imidazole rings is 1. The van der Waals surface area contributed by atoms with Crippen molar-refractivity contribution < 1.29 is 29.2 Å². The first kappa shape index (κ1) is 29.2. The number of rotatable bonds is 8. The van der Waals surface area contributed by atoms with Crippen LogP contribution in [-0.4, -0.2) is 88.3 Å². The number of hydrogen-bond acceptors (Lipinski definition) is 9. The highest BCUT2D eigenvalue weighted by Crippen LogP contribution is 2.32. The number of nitrogens with zero attached hydrogens (tertiary/aromatic N) is 3. The molecule has 12 heteroatoms. The van der Waals surface area contributed by atoms with E-state index in [9.17, 15) is 9.90 Å². The largest absolute Gasteiger partial charge is 0.462 e. The smallest absolute Gasteiger partial charge is 0.411 e. The number of benzene rings is 2. The van der Waals surface area contributed by atoms with E-state index in [1.54, 1.807) is 12.2 Å². The number of aromatic amines is 1. The zero-order valence-electron chi connectivity index (χ0n) is 23.0. The van der Waals surface area contributed by atoms with Gasteiger partial charge in [-0.3, -0.25) is 5.32 Å². The van der Waals surface area contributed by atoms with Gasteiger partial charge < -0.3 is 34.3 Å². The zero-order chi connectivity index (χ0) is 29.6. The summed E-state index contributed by atoms with van der Waals surface area (Å²) in [6, 6.07) is 17.3. The fraction of sp³-hybridized carbons (Fsp3) is 0.300. The number of likely N-dealkylation sites (N-methyl/N-ethyl adjacent to an activating group) is 1. The first-order valence-corrected chi connectivity index (χ1v) is 13.6. The lowest BCUT2D eigenvalue weighted by molar-refractivity contribution is -0.0938. The monoisotopic (exact) mass is 591 g/mol. The number of carbonyl (C=O) groups excluding carboxylic acids is 1. The van der Waals surface area contributed by atoms with E-state index in [-0.39, 0.29) is 19.0 Å². The summed E-state index contributed by atoms with van der Waals surface area (Å²) in [6.45, 7) is 1.15. The molecule has 1 aliphatic rings. The molecule has 1 saturated heterocycles. The maximum atomic E-state index is 12.0. The summed E-state index contributed by atoms with van der Waals surface area (Å²) in [5.41, 5.74) is 5.02. The number of halogens is 1. The zero-order valence-corrected chi connectivity index (χ0v) is 23.8. The Kier molecular flexibility index (Phi) is 9.09. The number of aliphatic hydroxyl groups excluding tert-OH is 2. The van der Waals surface area contributed by atoms with Crippen LogP contribution < -0.4 is 10.1 Å². The second-order valence-corrected chi connectivity index (χ2v) is 10.4. The van der Waals surface area contributed by atoms with Gasteiger partial charge in [0.2, 0.25) is 0 Å². The van der Waals surface area contributed by atoms with Crippen molar-refractivity contribution in [2.75, 3.05) is 39.2 Å². The van der Waals surface area contributed by atoms with E-state index < -0.39 is 24.4 Å². The molecule has 3 heterocycles. The SMILES string of the molecule is CN(C)CCOC(=O)Nc1ccc(-c2ccc(-c3nc4nc(O[C@H]5COC(C#CO)[C@@H](O)C5)[nH]c4cc3Cl)cc2)cc1. The third kappa shape index (κ3) is 7.10. The molecule has 0 aliphatic carbocycles. The first-order chi connectivity index (χ1) is 20.3. The van der Waals surface area contributed by atoms with Gasteiger partial charge in [0.1, 0.15) is 24.9 Å². The van der Waals surface area contributed by atoms with Gasteiger partial charge in [-0.2, -0.15) is 4.98 Å². The molecule has 0 bridgehead atoms. The average Bonchev–Trinajstić information content (AvgIpc) is 3.35. The molecule has 2 aromatic carbocycles. The lowest BCUT2D eigenvalue weighted by Crippen LogP contribution is -2.42. The number of fused-ring (bicyclic) bond motifs is 1. The Morgan fingerprint density at radius 1 is 1.14 bits per heavy atom. The number of carbonyl (C=O) groups is 1. The number of nitrogens with one attached hydrogen (secondary N) is 2. The quantitative estimate of drug-likeness (QED) is 0.221. The first-order valence-electron chi connectivity index (χ1n) is 13.3. The molecule has 11 nitrogen and oxygen atoms in total. The van der Waals surface area contributed by atoms with Crippen LogP contribution in [0.3, 0.4) is 0 Å². The Hall–Kier alpha value is -4.34. The van der Waals surface area contributed by atoms with Gasteiger partial charge in [-0.15, -0.1) is 0 Å². The summed E-state index contributed by atoms with van der Waals surface area (Å²) in [7, 11) is 3.83. The van der Waals surface area contributed by atoms with Crippen molar-refractivity contribution in [3.63, 3.8) is 0 Å². The van der Waals surface area contributed by atoms with E-state index in [0.29, 0.717) is 40.7 Å². The Bertz CT molecular complexity index is 1600. The molecular formula is C30H30ClN5O6. The van der Waals surface area contributed by atoms with Crippen LogP contribution in [0.1, 0.15) is 6.42 Å². The van der Waals surface area contributed by atoms with E-state index in [1.807, 2.05) is 67.5 Å². The van der Waals surface area contributed by atoms with Crippen LogP contribution in [0, 0.1) is 12.0 Å². The molecule has 1 unspecified atom stereocenters. The molecule has 1 amide bonds. The number of H-pyrrole nitrogens is 1. The van der Waals surface area contributed by atoms with Crippen molar-refractivity contribution in [2.24, 2.45) is 0 Å². The molecular weight excluding hydrogens is 562 g/mol. The van der Waals surface area contributed by atoms with Crippen LogP contribution in [0.2, 0.25) is 5.02 Å². The van der Waals surface area contributed by atoms with Crippen molar-refractivity contribution >= 4 is 34.5 Å². The summed E-state index contributed by atoms with van der Waals surface area (Å²) in [5.74, 6) is 2.41. The van der Waals surface area contributed by atoms with Gasteiger partial charge >= 0.3 is 6.09 Å². The van der Waals surface area contributed by atoms with Crippen molar-refractivity contribution in [1.29, 1.82) is 0 Å². The summed E-state index contributed by atoms with van der Waals surface area (Å²) < 4.78 is 16.5. The van der Waals surface area contributed by atoms with Crippen molar-refractivity contribution in [3.05, 3.63) is 59.6 Å². The van der Waals surface area contributed by atoms with Gasteiger partial charge in [0, 0.05) is 24.2 Å². The molecule has 218 valence electrons. The molecule has 4 aromatic rings. The summed E-state index contributed by atoms with van der Waals surface area (Å²) in [4.78, 5) is 26.0. The van der Waals surface area contributed by atoms with Crippen LogP contribution in [-0.2, 0) is 9.47 Å². The van der Waals surface area contributed by atoms with Gasteiger partial charge in [-0.25, -0.2) is 9.78 Å². The molecule has 5 rings (SSSR count). The highest BCUT2D eigenvalue weighted by Gasteiger charge is 2.31. The van der Waals surface area contributed by atoms with Gasteiger partial charge in [0.25, 0.3) is 6.01 Å².